The lowest BCUT2D eigenvalue weighted by molar-refractivity contribution is -0.128. The fourth-order valence-electron chi connectivity index (χ4n) is 2.96. The zero-order valence-electron chi connectivity index (χ0n) is 13.7. The molecule has 2 aromatic carbocycles. The monoisotopic (exact) mass is 403 g/mol. The number of thioether (sulfide) groups is 1. The van der Waals surface area contributed by atoms with Gasteiger partial charge >= 0.3 is 0 Å². The van der Waals surface area contributed by atoms with Gasteiger partial charge in [0.25, 0.3) is 0 Å². The minimum absolute atomic E-state index is 0.114. The highest BCUT2D eigenvalue weighted by molar-refractivity contribution is 8.00. The standard InChI is InChI=1S/C20H15Cl2NO2S/c21-14-6-7-16(22)15(10-14)17-8-9-18(25-17)20-23(19(24)12-26-20)11-13-4-2-1-3-5-13/h1-10,20H,11-12H2. The fourth-order valence-corrected chi connectivity index (χ4v) is 4.47. The van der Waals surface area contributed by atoms with E-state index in [2.05, 4.69) is 0 Å². The molecule has 0 radical (unpaired) electrons. The van der Waals surface area contributed by atoms with E-state index in [1.54, 1.807) is 30.0 Å². The first-order valence-electron chi connectivity index (χ1n) is 8.12. The van der Waals surface area contributed by atoms with Crippen LogP contribution in [0.2, 0.25) is 10.0 Å². The third-order valence-electron chi connectivity index (χ3n) is 4.23. The highest BCUT2D eigenvalue weighted by Gasteiger charge is 2.35. The Morgan fingerprint density at radius 3 is 2.69 bits per heavy atom. The molecule has 1 aliphatic rings. The van der Waals surface area contributed by atoms with Gasteiger partial charge in [-0.1, -0.05) is 53.5 Å². The van der Waals surface area contributed by atoms with Crippen molar-refractivity contribution >= 4 is 40.9 Å². The van der Waals surface area contributed by atoms with Crippen molar-refractivity contribution in [1.29, 1.82) is 0 Å². The van der Waals surface area contributed by atoms with E-state index in [1.165, 1.54) is 0 Å². The van der Waals surface area contributed by atoms with Crippen molar-refractivity contribution in [1.82, 2.24) is 4.90 Å². The lowest BCUT2D eigenvalue weighted by Gasteiger charge is -2.22. The maximum Gasteiger partial charge on any atom is 0.234 e. The SMILES string of the molecule is O=C1CSC(c2ccc(-c3cc(Cl)ccc3Cl)o2)N1Cc1ccccc1. The van der Waals surface area contributed by atoms with Crippen LogP contribution in [0, 0.1) is 0 Å². The van der Waals surface area contributed by atoms with E-state index in [4.69, 9.17) is 27.6 Å². The molecule has 3 aromatic rings. The molecule has 0 spiro atoms. The van der Waals surface area contributed by atoms with Gasteiger partial charge in [0.05, 0.1) is 10.8 Å². The van der Waals surface area contributed by atoms with Crippen molar-refractivity contribution in [3.63, 3.8) is 0 Å². The average molecular weight is 404 g/mol. The number of benzene rings is 2. The van der Waals surface area contributed by atoms with Gasteiger partial charge in [-0.15, -0.1) is 11.8 Å². The summed E-state index contributed by atoms with van der Waals surface area (Å²) >= 11 is 13.9. The minimum atomic E-state index is -0.144. The Hall–Kier alpha value is -1.88. The zero-order valence-corrected chi connectivity index (χ0v) is 16.0. The summed E-state index contributed by atoms with van der Waals surface area (Å²) in [4.78, 5) is 14.2. The summed E-state index contributed by atoms with van der Waals surface area (Å²) in [5, 5.41) is 1.03. The zero-order chi connectivity index (χ0) is 18.1. The van der Waals surface area contributed by atoms with E-state index in [9.17, 15) is 4.79 Å². The molecule has 0 saturated carbocycles. The molecule has 6 heteroatoms. The lowest BCUT2D eigenvalue weighted by atomic mass is 10.2. The maximum atomic E-state index is 12.4. The fraction of sp³-hybridized carbons (Fsp3) is 0.150. The highest BCUT2D eigenvalue weighted by atomic mass is 35.5. The van der Waals surface area contributed by atoms with Crippen molar-refractivity contribution in [3.05, 3.63) is 82.0 Å². The van der Waals surface area contributed by atoms with Gasteiger partial charge in [0.2, 0.25) is 5.91 Å². The van der Waals surface area contributed by atoms with Crippen LogP contribution >= 0.6 is 35.0 Å². The van der Waals surface area contributed by atoms with Crippen LogP contribution in [0.3, 0.4) is 0 Å². The molecular formula is C20H15Cl2NO2S. The topological polar surface area (TPSA) is 33.5 Å². The van der Waals surface area contributed by atoms with Gasteiger partial charge in [0.1, 0.15) is 16.9 Å². The molecule has 3 nitrogen and oxygen atoms in total. The first-order valence-corrected chi connectivity index (χ1v) is 9.92. The Morgan fingerprint density at radius 1 is 1.08 bits per heavy atom. The molecule has 1 aromatic heterocycles. The number of nitrogens with zero attached hydrogens (tertiary/aromatic N) is 1. The summed E-state index contributed by atoms with van der Waals surface area (Å²) in [6, 6.07) is 19.0. The molecule has 0 aliphatic carbocycles. The summed E-state index contributed by atoms with van der Waals surface area (Å²) in [7, 11) is 0. The molecule has 1 aliphatic heterocycles. The number of rotatable bonds is 4. The van der Waals surface area contributed by atoms with Gasteiger partial charge in [-0.3, -0.25) is 4.79 Å². The number of carbonyl (C=O) groups excluding carboxylic acids is 1. The number of hydrogen-bond acceptors (Lipinski definition) is 3. The molecular weight excluding hydrogens is 389 g/mol. The molecule has 1 atom stereocenters. The Morgan fingerprint density at radius 2 is 1.88 bits per heavy atom. The first kappa shape index (κ1) is 17.5. The number of hydrogen-bond donors (Lipinski definition) is 0. The van der Waals surface area contributed by atoms with E-state index >= 15 is 0 Å². The predicted octanol–water partition coefficient (Wildman–Crippen LogP) is 6.03. The van der Waals surface area contributed by atoms with E-state index in [0.717, 1.165) is 16.9 Å². The molecule has 1 fully saturated rings. The van der Waals surface area contributed by atoms with Crippen LogP contribution in [-0.2, 0) is 11.3 Å². The molecule has 1 saturated heterocycles. The number of amides is 1. The third kappa shape index (κ3) is 3.50. The van der Waals surface area contributed by atoms with Gasteiger partial charge in [0.15, 0.2) is 0 Å². The second-order valence-electron chi connectivity index (χ2n) is 6.00. The molecule has 4 rings (SSSR count). The quantitative estimate of drug-likeness (QED) is 0.533. The summed E-state index contributed by atoms with van der Waals surface area (Å²) in [5.41, 5.74) is 1.84. The maximum absolute atomic E-state index is 12.4. The number of furan rings is 1. The second-order valence-corrected chi connectivity index (χ2v) is 7.91. The van der Waals surface area contributed by atoms with Crippen LogP contribution in [0.5, 0.6) is 0 Å². The second kappa shape index (κ2) is 7.39. The summed E-state index contributed by atoms with van der Waals surface area (Å²) in [6.45, 7) is 0.561. The van der Waals surface area contributed by atoms with Crippen LogP contribution in [0.25, 0.3) is 11.3 Å². The Bertz CT molecular complexity index is 942. The van der Waals surface area contributed by atoms with E-state index in [1.807, 2.05) is 47.4 Å². The van der Waals surface area contributed by atoms with Crippen LogP contribution in [0.4, 0.5) is 0 Å². The molecule has 0 N–H and O–H groups in total. The van der Waals surface area contributed by atoms with Crippen molar-refractivity contribution in [2.75, 3.05) is 5.75 Å². The number of carbonyl (C=O) groups is 1. The molecule has 132 valence electrons. The highest BCUT2D eigenvalue weighted by Crippen LogP contribution is 2.42. The Kier molecular flexibility index (Phi) is 4.98. The first-order chi connectivity index (χ1) is 12.6. The lowest BCUT2D eigenvalue weighted by Crippen LogP contribution is -2.27. The Balaban J connectivity index is 1.61. The van der Waals surface area contributed by atoms with Gasteiger partial charge in [-0.25, -0.2) is 0 Å². The van der Waals surface area contributed by atoms with Crippen molar-refractivity contribution < 1.29 is 9.21 Å². The largest absolute Gasteiger partial charge is 0.458 e. The summed E-state index contributed by atoms with van der Waals surface area (Å²) in [6.07, 6.45) is 0. The molecule has 2 heterocycles. The summed E-state index contributed by atoms with van der Waals surface area (Å²) < 4.78 is 6.05. The normalized spacial score (nSPS) is 17.1. The average Bonchev–Trinajstić information content (AvgIpc) is 3.26. The van der Waals surface area contributed by atoms with Gasteiger partial charge < -0.3 is 9.32 Å². The Labute approximate surface area is 165 Å². The molecule has 1 unspecified atom stereocenters. The van der Waals surface area contributed by atoms with Crippen LogP contribution in [0.15, 0.2) is 65.1 Å². The molecule has 26 heavy (non-hydrogen) atoms. The summed E-state index contributed by atoms with van der Waals surface area (Å²) in [5.74, 6) is 1.95. The van der Waals surface area contributed by atoms with E-state index in [0.29, 0.717) is 28.1 Å². The van der Waals surface area contributed by atoms with Crippen LogP contribution < -0.4 is 0 Å². The van der Waals surface area contributed by atoms with Crippen molar-refractivity contribution in [3.8, 4) is 11.3 Å². The minimum Gasteiger partial charge on any atom is -0.458 e. The van der Waals surface area contributed by atoms with Crippen LogP contribution in [0.1, 0.15) is 16.7 Å². The van der Waals surface area contributed by atoms with Gasteiger partial charge in [0, 0.05) is 17.1 Å². The predicted molar refractivity (Wildman–Crippen MR) is 106 cm³/mol. The van der Waals surface area contributed by atoms with E-state index < -0.39 is 0 Å². The molecule has 0 bridgehead atoms. The number of halogens is 2. The van der Waals surface area contributed by atoms with Crippen LogP contribution in [-0.4, -0.2) is 16.6 Å². The van der Waals surface area contributed by atoms with E-state index in [-0.39, 0.29) is 11.3 Å². The van der Waals surface area contributed by atoms with Crippen molar-refractivity contribution in [2.45, 2.75) is 11.9 Å². The van der Waals surface area contributed by atoms with Gasteiger partial charge in [-0.05, 0) is 35.9 Å². The molecule has 1 amide bonds. The third-order valence-corrected chi connectivity index (χ3v) is 6.01. The van der Waals surface area contributed by atoms with Crippen molar-refractivity contribution in [2.24, 2.45) is 0 Å². The smallest absolute Gasteiger partial charge is 0.234 e. The van der Waals surface area contributed by atoms with Gasteiger partial charge in [-0.2, -0.15) is 0 Å².